The third-order valence-corrected chi connectivity index (χ3v) is 1.68. The summed E-state index contributed by atoms with van der Waals surface area (Å²) in [6, 6.07) is 0. The number of ether oxygens (including phenoxy) is 1. The van der Waals surface area contributed by atoms with Gasteiger partial charge in [0.2, 0.25) is 5.91 Å². The predicted octanol–water partition coefficient (Wildman–Crippen LogP) is 0.115. The molecule has 1 rings (SSSR count). The second-order valence-corrected chi connectivity index (χ2v) is 2.18. The molecule has 1 aliphatic rings. The standard InChI is InChI=1S/C6H11NO2/c1-3-4-5(8)7-6(4)9-2/h4,6H,3H2,1-2H3,(H,7,8)/t4-,6+/m1/s1. The Morgan fingerprint density at radius 3 is 2.67 bits per heavy atom. The van der Waals surface area contributed by atoms with E-state index in [0.717, 1.165) is 6.42 Å². The van der Waals surface area contributed by atoms with E-state index >= 15 is 0 Å². The highest BCUT2D eigenvalue weighted by Gasteiger charge is 2.37. The normalized spacial score (nSPS) is 33.3. The third-order valence-electron chi connectivity index (χ3n) is 1.68. The highest BCUT2D eigenvalue weighted by atomic mass is 16.5. The number of carbonyl (C=O) groups excluding carboxylic acids is 1. The number of methoxy groups -OCH3 is 1. The quantitative estimate of drug-likeness (QED) is 0.537. The minimum atomic E-state index is -0.0255. The van der Waals surface area contributed by atoms with Gasteiger partial charge in [0.1, 0.15) is 6.23 Å². The summed E-state index contributed by atoms with van der Waals surface area (Å²) in [5.41, 5.74) is 0. The number of carbonyl (C=O) groups is 1. The molecule has 0 aromatic carbocycles. The van der Waals surface area contributed by atoms with Crippen LogP contribution in [0.25, 0.3) is 0 Å². The molecule has 3 nitrogen and oxygen atoms in total. The van der Waals surface area contributed by atoms with Crippen molar-refractivity contribution in [2.75, 3.05) is 7.11 Å². The SMILES string of the molecule is CC[C@@H]1C(=O)N[C@H]1OC. The second-order valence-electron chi connectivity index (χ2n) is 2.18. The lowest BCUT2D eigenvalue weighted by Crippen LogP contribution is -2.58. The van der Waals surface area contributed by atoms with E-state index in [4.69, 9.17) is 4.74 Å². The maximum absolute atomic E-state index is 10.6. The van der Waals surface area contributed by atoms with Gasteiger partial charge >= 0.3 is 0 Å². The lowest BCUT2D eigenvalue weighted by molar-refractivity contribution is -0.150. The Bertz CT molecular complexity index is 124. The molecule has 3 heteroatoms. The smallest absolute Gasteiger partial charge is 0.229 e. The van der Waals surface area contributed by atoms with Gasteiger partial charge in [0, 0.05) is 7.11 Å². The van der Waals surface area contributed by atoms with Crippen molar-refractivity contribution in [1.29, 1.82) is 0 Å². The van der Waals surface area contributed by atoms with E-state index in [1.54, 1.807) is 7.11 Å². The van der Waals surface area contributed by atoms with Gasteiger partial charge in [0.25, 0.3) is 0 Å². The average molecular weight is 129 g/mol. The molecule has 2 atom stereocenters. The van der Waals surface area contributed by atoms with Gasteiger partial charge in [-0.1, -0.05) is 6.92 Å². The molecule has 1 amide bonds. The lowest BCUT2D eigenvalue weighted by Gasteiger charge is -2.34. The van der Waals surface area contributed by atoms with Gasteiger partial charge in [-0.2, -0.15) is 0 Å². The summed E-state index contributed by atoms with van der Waals surface area (Å²) in [6.45, 7) is 1.98. The fraction of sp³-hybridized carbons (Fsp3) is 0.833. The van der Waals surface area contributed by atoms with E-state index in [1.807, 2.05) is 6.92 Å². The molecule has 0 saturated carbocycles. The summed E-state index contributed by atoms with van der Waals surface area (Å²) in [5, 5.41) is 2.63. The topological polar surface area (TPSA) is 38.3 Å². The van der Waals surface area contributed by atoms with E-state index in [0.29, 0.717) is 0 Å². The van der Waals surface area contributed by atoms with Crippen LogP contribution in [0.3, 0.4) is 0 Å². The van der Waals surface area contributed by atoms with Crippen LogP contribution in [-0.2, 0) is 9.53 Å². The minimum absolute atomic E-state index is 0.0255. The van der Waals surface area contributed by atoms with E-state index < -0.39 is 0 Å². The molecule has 0 aromatic heterocycles. The molecule has 1 aliphatic heterocycles. The van der Waals surface area contributed by atoms with E-state index in [-0.39, 0.29) is 18.1 Å². The van der Waals surface area contributed by atoms with Gasteiger partial charge < -0.3 is 10.1 Å². The number of β-lactam (4-membered cyclic amide) rings is 1. The Kier molecular flexibility index (Phi) is 1.71. The van der Waals surface area contributed by atoms with Crippen molar-refractivity contribution in [3.63, 3.8) is 0 Å². The Hall–Kier alpha value is -0.570. The Morgan fingerprint density at radius 2 is 2.44 bits per heavy atom. The van der Waals surface area contributed by atoms with Crippen molar-refractivity contribution < 1.29 is 9.53 Å². The maximum Gasteiger partial charge on any atom is 0.229 e. The zero-order valence-electron chi connectivity index (χ0n) is 5.68. The van der Waals surface area contributed by atoms with Gasteiger partial charge in [-0.3, -0.25) is 4.79 Å². The summed E-state index contributed by atoms with van der Waals surface area (Å²) in [4.78, 5) is 10.6. The van der Waals surface area contributed by atoms with Crippen molar-refractivity contribution >= 4 is 5.91 Å². The monoisotopic (exact) mass is 129 g/mol. The Labute approximate surface area is 54.4 Å². The van der Waals surface area contributed by atoms with Crippen molar-refractivity contribution in [2.24, 2.45) is 5.92 Å². The predicted molar refractivity (Wildman–Crippen MR) is 32.7 cm³/mol. The van der Waals surface area contributed by atoms with Gasteiger partial charge in [-0.05, 0) is 6.42 Å². The summed E-state index contributed by atoms with van der Waals surface area (Å²) < 4.78 is 4.93. The minimum Gasteiger partial charge on any atom is -0.361 e. The van der Waals surface area contributed by atoms with Crippen LogP contribution in [0.1, 0.15) is 13.3 Å². The molecule has 0 bridgehead atoms. The first-order valence-corrected chi connectivity index (χ1v) is 3.12. The summed E-state index contributed by atoms with van der Waals surface area (Å²) in [6.07, 6.45) is 0.840. The molecule has 1 fully saturated rings. The van der Waals surface area contributed by atoms with Crippen LogP contribution >= 0.6 is 0 Å². The second kappa shape index (κ2) is 2.35. The third kappa shape index (κ3) is 0.920. The molecule has 0 unspecified atom stereocenters. The molecule has 0 radical (unpaired) electrons. The van der Waals surface area contributed by atoms with Crippen molar-refractivity contribution in [3.05, 3.63) is 0 Å². The van der Waals surface area contributed by atoms with Crippen molar-refractivity contribution in [2.45, 2.75) is 19.6 Å². The largest absolute Gasteiger partial charge is 0.361 e. The average Bonchev–Trinajstić information content (AvgIpc) is 1.83. The molecule has 0 spiro atoms. The lowest BCUT2D eigenvalue weighted by atomic mass is 9.96. The first-order chi connectivity index (χ1) is 4.29. The van der Waals surface area contributed by atoms with E-state index in [1.165, 1.54) is 0 Å². The first-order valence-electron chi connectivity index (χ1n) is 3.12. The van der Waals surface area contributed by atoms with Crippen LogP contribution in [0.2, 0.25) is 0 Å². The zero-order chi connectivity index (χ0) is 6.85. The summed E-state index contributed by atoms with van der Waals surface area (Å²) >= 11 is 0. The van der Waals surface area contributed by atoms with E-state index in [2.05, 4.69) is 5.32 Å². The van der Waals surface area contributed by atoms with E-state index in [9.17, 15) is 4.79 Å². The van der Waals surface area contributed by atoms with Crippen molar-refractivity contribution in [1.82, 2.24) is 5.32 Å². The highest BCUT2D eigenvalue weighted by Crippen LogP contribution is 2.18. The zero-order valence-corrected chi connectivity index (χ0v) is 5.68. The molecule has 1 saturated heterocycles. The number of hydrogen-bond donors (Lipinski definition) is 1. The molecule has 1 heterocycles. The van der Waals surface area contributed by atoms with Crippen LogP contribution in [0.4, 0.5) is 0 Å². The molecular weight excluding hydrogens is 118 g/mol. The van der Waals surface area contributed by atoms with Crippen LogP contribution in [0.5, 0.6) is 0 Å². The van der Waals surface area contributed by atoms with Crippen LogP contribution in [-0.4, -0.2) is 19.2 Å². The number of nitrogens with one attached hydrogen (secondary N) is 1. The highest BCUT2D eigenvalue weighted by molar-refractivity contribution is 5.85. The Balaban J connectivity index is 2.38. The summed E-state index contributed by atoms with van der Waals surface area (Å²) in [5.74, 6) is 0.208. The Morgan fingerprint density at radius 1 is 1.78 bits per heavy atom. The maximum atomic E-state index is 10.6. The molecule has 9 heavy (non-hydrogen) atoms. The molecule has 52 valence electrons. The number of rotatable bonds is 2. The van der Waals surface area contributed by atoms with Crippen molar-refractivity contribution in [3.8, 4) is 0 Å². The summed E-state index contributed by atoms with van der Waals surface area (Å²) in [7, 11) is 1.60. The molecule has 0 aromatic rings. The fourth-order valence-electron chi connectivity index (χ4n) is 1.01. The molecular formula is C6H11NO2. The fourth-order valence-corrected chi connectivity index (χ4v) is 1.01. The first kappa shape index (κ1) is 6.55. The van der Waals surface area contributed by atoms with Crippen LogP contribution in [0, 0.1) is 5.92 Å². The number of amides is 1. The van der Waals surface area contributed by atoms with Crippen LogP contribution < -0.4 is 5.32 Å². The molecule has 0 aliphatic carbocycles. The molecule has 1 N–H and O–H groups in total. The van der Waals surface area contributed by atoms with Gasteiger partial charge in [0.15, 0.2) is 0 Å². The van der Waals surface area contributed by atoms with Gasteiger partial charge in [-0.15, -0.1) is 0 Å². The van der Waals surface area contributed by atoms with Gasteiger partial charge in [-0.25, -0.2) is 0 Å². The van der Waals surface area contributed by atoms with Gasteiger partial charge in [0.05, 0.1) is 5.92 Å². The number of hydrogen-bond acceptors (Lipinski definition) is 2. The van der Waals surface area contributed by atoms with Crippen LogP contribution in [0.15, 0.2) is 0 Å².